The molecule has 1 N–H and O–H groups in total. The maximum absolute atomic E-state index is 14.2. The van der Waals surface area contributed by atoms with Crippen LogP contribution in [0.4, 0.5) is 5.69 Å². The van der Waals surface area contributed by atoms with Crippen molar-refractivity contribution in [1.29, 1.82) is 0 Å². The lowest BCUT2D eigenvalue weighted by Gasteiger charge is -2.33. The van der Waals surface area contributed by atoms with Gasteiger partial charge in [0, 0.05) is 23.1 Å². The summed E-state index contributed by atoms with van der Waals surface area (Å²) < 4.78 is 34.8. The molecule has 2 amide bonds. The van der Waals surface area contributed by atoms with Gasteiger partial charge in [0.2, 0.25) is 11.8 Å². The van der Waals surface area contributed by atoms with E-state index in [1.54, 1.807) is 74.5 Å². The second-order valence-electron chi connectivity index (χ2n) is 9.20. The molecule has 11 heteroatoms. The molecule has 8 nitrogen and oxygen atoms in total. The van der Waals surface area contributed by atoms with Crippen molar-refractivity contribution in [3.8, 4) is 5.75 Å². The number of rotatable bonds is 14. The number of ether oxygens (including phenoxy) is 1. The van der Waals surface area contributed by atoms with Crippen LogP contribution in [-0.4, -0.2) is 50.9 Å². The molecule has 0 spiro atoms. The summed E-state index contributed by atoms with van der Waals surface area (Å²) in [5, 5.41) is 3.61. The fraction of sp³-hybridized carbons (Fsp3) is 0.333. The van der Waals surface area contributed by atoms with E-state index in [9.17, 15) is 18.0 Å². The average Bonchev–Trinajstić information content (AvgIpc) is 2.96. The van der Waals surface area contributed by atoms with E-state index in [0.717, 1.165) is 10.7 Å². The summed E-state index contributed by atoms with van der Waals surface area (Å²) >= 11 is 12.5. The van der Waals surface area contributed by atoms with Crippen molar-refractivity contribution in [3.05, 3.63) is 88.4 Å². The minimum absolute atomic E-state index is 0.0131. The molecule has 0 heterocycles. The number of nitrogens with zero attached hydrogens (tertiary/aromatic N) is 2. The van der Waals surface area contributed by atoms with Crippen molar-refractivity contribution in [2.75, 3.05) is 24.0 Å². The summed E-state index contributed by atoms with van der Waals surface area (Å²) in [7, 11) is -4.22. The number of para-hydroxylation sites is 2. The van der Waals surface area contributed by atoms with Gasteiger partial charge >= 0.3 is 0 Å². The van der Waals surface area contributed by atoms with Crippen LogP contribution in [-0.2, 0) is 26.2 Å². The van der Waals surface area contributed by atoms with Crippen molar-refractivity contribution in [2.24, 2.45) is 0 Å². The van der Waals surface area contributed by atoms with Crippen LogP contribution in [0.3, 0.4) is 0 Å². The van der Waals surface area contributed by atoms with Crippen molar-refractivity contribution in [3.63, 3.8) is 0 Å². The van der Waals surface area contributed by atoms with Gasteiger partial charge in [-0.15, -0.1) is 0 Å². The fourth-order valence-corrected chi connectivity index (χ4v) is 6.21. The first-order valence-corrected chi connectivity index (χ1v) is 15.6. The quantitative estimate of drug-likeness (QED) is 0.242. The molecular formula is C30H35Cl2N3O5S. The van der Waals surface area contributed by atoms with Crippen molar-refractivity contribution >= 4 is 50.7 Å². The van der Waals surface area contributed by atoms with Crippen LogP contribution in [0.1, 0.15) is 39.2 Å². The van der Waals surface area contributed by atoms with E-state index in [4.69, 9.17) is 27.9 Å². The Bertz CT molecular complexity index is 1440. The molecule has 3 rings (SSSR count). The normalized spacial score (nSPS) is 11.9. The van der Waals surface area contributed by atoms with Crippen LogP contribution < -0.4 is 14.4 Å². The second kappa shape index (κ2) is 15.1. The van der Waals surface area contributed by atoms with Crippen molar-refractivity contribution in [1.82, 2.24) is 10.2 Å². The van der Waals surface area contributed by atoms with Gasteiger partial charge in [-0.3, -0.25) is 13.9 Å². The Labute approximate surface area is 252 Å². The minimum atomic E-state index is -4.22. The molecule has 0 aliphatic rings. The van der Waals surface area contributed by atoms with Gasteiger partial charge < -0.3 is 15.0 Å². The average molecular weight is 621 g/mol. The van der Waals surface area contributed by atoms with E-state index >= 15 is 0 Å². The van der Waals surface area contributed by atoms with Gasteiger partial charge in [0.1, 0.15) is 18.3 Å². The van der Waals surface area contributed by atoms with E-state index in [1.807, 2.05) is 6.92 Å². The molecule has 41 heavy (non-hydrogen) atoms. The van der Waals surface area contributed by atoms with Gasteiger partial charge in [-0.25, -0.2) is 8.42 Å². The Balaban J connectivity index is 2.11. The SMILES string of the molecule is CCCNC(=O)C(CC)N(Cc1ccc(Cl)cc1Cl)C(=O)CN(c1ccccc1OCC)S(=O)(=O)c1ccccc1. The molecule has 0 fully saturated rings. The summed E-state index contributed by atoms with van der Waals surface area (Å²) in [6.45, 7) is 5.64. The lowest BCUT2D eigenvalue weighted by Crippen LogP contribution is -2.52. The van der Waals surface area contributed by atoms with E-state index in [2.05, 4.69) is 5.32 Å². The van der Waals surface area contributed by atoms with Gasteiger partial charge in [0.05, 0.1) is 17.2 Å². The third kappa shape index (κ3) is 8.15. The third-order valence-corrected chi connectivity index (χ3v) is 8.70. The molecule has 1 unspecified atom stereocenters. The van der Waals surface area contributed by atoms with Crippen LogP contribution >= 0.6 is 23.2 Å². The van der Waals surface area contributed by atoms with Crippen LogP contribution in [0.15, 0.2) is 77.7 Å². The van der Waals surface area contributed by atoms with Crippen LogP contribution in [0.2, 0.25) is 10.0 Å². The molecule has 0 aromatic heterocycles. The zero-order chi connectivity index (χ0) is 30.0. The highest BCUT2D eigenvalue weighted by atomic mass is 35.5. The number of nitrogens with one attached hydrogen (secondary N) is 1. The molecule has 0 saturated carbocycles. The second-order valence-corrected chi connectivity index (χ2v) is 11.9. The zero-order valence-electron chi connectivity index (χ0n) is 23.3. The Morgan fingerprint density at radius 3 is 2.27 bits per heavy atom. The van der Waals surface area contributed by atoms with Crippen molar-refractivity contribution < 1.29 is 22.7 Å². The highest BCUT2D eigenvalue weighted by molar-refractivity contribution is 7.92. The Kier molecular flexibility index (Phi) is 11.9. The number of halogens is 2. The molecule has 0 radical (unpaired) electrons. The number of hydrogen-bond acceptors (Lipinski definition) is 5. The third-order valence-electron chi connectivity index (χ3n) is 6.33. The standard InChI is InChI=1S/C30H35Cl2N3O5S/c1-4-18-33-30(37)26(5-2)34(20-22-16-17-23(31)19-25(22)32)29(36)21-35(27-14-10-11-15-28(27)40-6-3)41(38,39)24-12-8-7-9-13-24/h7-17,19,26H,4-6,18,20-21H2,1-3H3,(H,33,37). The predicted molar refractivity (Wildman–Crippen MR) is 163 cm³/mol. The van der Waals surface area contributed by atoms with Gasteiger partial charge in [-0.2, -0.15) is 0 Å². The molecule has 3 aromatic carbocycles. The zero-order valence-corrected chi connectivity index (χ0v) is 25.7. The predicted octanol–water partition coefficient (Wildman–Crippen LogP) is 5.92. The summed E-state index contributed by atoms with van der Waals surface area (Å²) in [6, 6.07) is 18.5. The fourth-order valence-electron chi connectivity index (χ4n) is 4.29. The monoisotopic (exact) mass is 619 g/mol. The molecule has 0 aliphatic carbocycles. The Morgan fingerprint density at radius 2 is 1.63 bits per heavy atom. The number of hydrogen-bond donors (Lipinski definition) is 1. The van der Waals surface area contributed by atoms with Gasteiger partial charge in [0.25, 0.3) is 10.0 Å². The van der Waals surface area contributed by atoms with E-state index in [0.29, 0.717) is 40.9 Å². The first kappa shape index (κ1) is 32.2. The number of amides is 2. The molecule has 0 saturated heterocycles. The summed E-state index contributed by atoms with van der Waals surface area (Å²) in [4.78, 5) is 28.8. The Hall–Kier alpha value is -3.27. The lowest BCUT2D eigenvalue weighted by molar-refractivity contribution is -0.140. The van der Waals surface area contributed by atoms with E-state index < -0.39 is 28.5 Å². The highest BCUT2D eigenvalue weighted by Gasteiger charge is 2.34. The number of sulfonamides is 1. The van der Waals surface area contributed by atoms with Gasteiger partial charge in [-0.1, -0.05) is 73.4 Å². The van der Waals surface area contributed by atoms with Crippen molar-refractivity contribution in [2.45, 2.75) is 51.1 Å². The van der Waals surface area contributed by atoms with Gasteiger partial charge in [0.15, 0.2) is 0 Å². The summed E-state index contributed by atoms with van der Waals surface area (Å²) in [5.74, 6) is -0.609. The first-order chi connectivity index (χ1) is 19.6. The molecule has 0 bridgehead atoms. The lowest BCUT2D eigenvalue weighted by atomic mass is 10.1. The molecule has 3 aromatic rings. The Morgan fingerprint density at radius 1 is 0.951 bits per heavy atom. The van der Waals surface area contributed by atoms with Gasteiger partial charge in [-0.05, 0) is 61.7 Å². The number of anilines is 1. The number of carbonyl (C=O) groups is 2. The summed E-state index contributed by atoms with van der Waals surface area (Å²) in [6.07, 6.45) is 1.02. The van der Waals surface area contributed by atoms with Crippen LogP contribution in [0.5, 0.6) is 5.75 Å². The molecule has 0 aliphatic heterocycles. The molecule has 1 atom stereocenters. The molecule has 220 valence electrons. The largest absolute Gasteiger partial charge is 0.492 e. The van der Waals surface area contributed by atoms with E-state index in [-0.39, 0.29) is 23.0 Å². The molecular weight excluding hydrogens is 585 g/mol. The minimum Gasteiger partial charge on any atom is -0.492 e. The van der Waals surface area contributed by atoms with Crippen LogP contribution in [0, 0.1) is 0 Å². The van der Waals surface area contributed by atoms with Crippen LogP contribution in [0.25, 0.3) is 0 Å². The number of benzene rings is 3. The maximum atomic E-state index is 14.2. The summed E-state index contributed by atoms with van der Waals surface area (Å²) in [5.41, 5.74) is 0.776. The van der Waals surface area contributed by atoms with E-state index in [1.165, 1.54) is 17.0 Å². The number of carbonyl (C=O) groups excluding carboxylic acids is 2. The maximum Gasteiger partial charge on any atom is 0.264 e. The first-order valence-electron chi connectivity index (χ1n) is 13.4. The smallest absolute Gasteiger partial charge is 0.264 e. The topological polar surface area (TPSA) is 96.0 Å². The highest BCUT2D eigenvalue weighted by Crippen LogP contribution is 2.33.